The highest BCUT2D eigenvalue weighted by Crippen LogP contribution is 2.22. The summed E-state index contributed by atoms with van der Waals surface area (Å²) in [7, 11) is 0. The van der Waals surface area contributed by atoms with Crippen LogP contribution in [0.4, 0.5) is 8.78 Å². The van der Waals surface area contributed by atoms with Crippen LogP contribution in [0.2, 0.25) is 0 Å². The number of carbonyl (C=O) groups is 2. The summed E-state index contributed by atoms with van der Waals surface area (Å²) in [5.41, 5.74) is -0.0627. The molecular formula is C19H15F2N3O4. The molecule has 0 aliphatic carbocycles. The minimum atomic E-state index is -1.20. The zero-order chi connectivity index (χ0) is 20.3. The first-order valence-corrected chi connectivity index (χ1v) is 8.17. The third kappa shape index (κ3) is 4.14. The number of carboxylic acid groups (broad SMARTS) is 1. The first-order chi connectivity index (χ1) is 13.3. The van der Waals surface area contributed by atoms with Crippen molar-refractivity contribution in [2.75, 3.05) is 0 Å². The van der Waals surface area contributed by atoms with Crippen LogP contribution >= 0.6 is 0 Å². The molecule has 144 valence electrons. The predicted octanol–water partition coefficient (Wildman–Crippen LogP) is 2.80. The van der Waals surface area contributed by atoms with Gasteiger partial charge in [0, 0.05) is 6.07 Å². The van der Waals surface area contributed by atoms with Gasteiger partial charge in [-0.25, -0.2) is 8.78 Å². The number of para-hydroxylation sites is 1. The van der Waals surface area contributed by atoms with Gasteiger partial charge in [0.1, 0.15) is 17.3 Å². The monoisotopic (exact) mass is 387 g/mol. The van der Waals surface area contributed by atoms with Crippen molar-refractivity contribution in [2.45, 2.75) is 12.5 Å². The second-order valence-corrected chi connectivity index (χ2v) is 5.93. The molecule has 3 N–H and O–H groups in total. The van der Waals surface area contributed by atoms with Gasteiger partial charge in [0.05, 0.1) is 12.5 Å². The van der Waals surface area contributed by atoms with Gasteiger partial charge < -0.3 is 15.5 Å². The maximum Gasteiger partial charge on any atom is 0.305 e. The fraction of sp³-hybridized carbons (Fsp3) is 0.105. The lowest BCUT2D eigenvalue weighted by Crippen LogP contribution is -2.30. The number of halogens is 2. The summed E-state index contributed by atoms with van der Waals surface area (Å²) in [6, 6.07) is 10.7. The number of hydrogen-bond acceptors (Lipinski definition) is 4. The van der Waals surface area contributed by atoms with E-state index in [1.807, 2.05) is 0 Å². The summed E-state index contributed by atoms with van der Waals surface area (Å²) in [6.07, 6.45) is -0.491. The number of nitrogens with zero attached hydrogens (tertiary/aromatic N) is 2. The Morgan fingerprint density at radius 3 is 2.54 bits per heavy atom. The SMILES string of the molecule is O=C(O)C[C@H](NC(=O)c1cc(O)n(-c2ccccc2F)n1)c1cccc(F)c1. The Morgan fingerprint density at radius 2 is 1.86 bits per heavy atom. The summed E-state index contributed by atoms with van der Waals surface area (Å²) in [5.74, 6) is -3.72. The van der Waals surface area contributed by atoms with Crippen molar-refractivity contribution in [1.82, 2.24) is 15.1 Å². The summed E-state index contributed by atoms with van der Waals surface area (Å²) in [4.78, 5) is 23.6. The molecule has 9 heteroatoms. The zero-order valence-corrected chi connectivity index (χ0v) is 14.3. The third-order valence-electron chi connectivity index (χ3n) is 3.94. The number of carboxylic acids is 1. The Morgan fingerprint density at radius 1 is 1.11 bits per heavy atom. The molecule has 0 unspecified atom stereocenters. The maximum absolute atomic E-state index is 13.9. The summed E-state index contributed by atoms with van der Waals surface area (Å²) in [6.45, 7) is 0. The fourth-order valence-corrected chi connectivity index (χ4v) is 2.67. The highest BCUT2D eigenvalue weighted by molar-refractivity contribution is 5.93. The van der Waals surface area contributed by atoms with Crippen LogP contribution in [-0.2, 0) is 4.79 Å². The van der Waals surface area contributed by atoms with Crippen LogP contribution in [0.15, 0.2) is 54.6 Å². The van der Waals surface area contributed by atoms with Gasteiger partial charge in [-0.15, -0.1) is 0 Å². The normalized spacial score (nSPS) is 11.8. The van der Waals surface area contributed by atoms with E-state index in [4.69, 9.17) is 5.11 Å². The molecule has 7 nitrogen and oxygen atoms in total. The lowest BCUT2D eigenvalue weighted by Gasteiger charge is -2.16. The zero-order valence-electron chi connectivity index (χ0n) is 14.3. The Labute approximate surface area is 157 Å². The molecule has 28 heavy (non-hydrogen) atoms. The number of hydrogen-bond donors (Lipinski definition) is 3. The second-order valence-electron chi connectivity index (χ2n) is 5.93. The molecule has 3 aromatic rings. The van der Waals surface area contributed by atoms with Gasteiger partial charge in [0.15, 0.2) is 5.69 Å². The van der Waals surface area contributed by atoms with Crippen LogP contribution in [0.1, 0.15) is 28.5 Å². The molecular weight excluding hydrogens is 372 g/mol. The van der Waals surface area contributed by atoms with Crippen LogP contribution in [0.5, 0.6) is 5.88 Å². The lowest BCUT2D eigenvalue weighted by molar-refractivity contribution is -0.137. The van der Waals surface area contributed by atoms with E-state index in [0.29, 0.717) is 0 Å². The summed E-state index contributed by atoms with van der Waals surface area (Å²) >= 11 is 0. The van der Waals surface area contributed by atoms with Crippen molar-refractivity contribution in [3.8, 4) is 11.6 Å². The van der Waals surface area contributed by atoms with Gasteiger partial charge in [-0.05, 0) is 29.8 Å². The van der Waals surface area contributed by atoms with Gasteiger partial charge in [0.25, 0.3) is 5.91 Å². The van der Waals surface area contributed by atoms with Gasteiger partial charge in [0.2, 0.25) is 5.88 Å². The van der Waals surface area contributed by atoms with Gasteiger partial charge in [-0.1, -0.05) is 24.3 Å². The minimum Gasteiger partial charge on any atom is -0.493 e. The molecule has 1 aromatic heterocycles. The van der Waals surface area contributed by atoms with Crippen LogP contribution < -0.4 is 5.32 Å². The van der Waals surface area contributed by atoms with Crippen molar-refractivity contribution >= 4 is 11.9 Å². The van der Waals surface area contributed by atoms with E-state index < -0.39 is 41.9 Å². The highest BCUT2D eigenvalue weighted by atomic mass is 19.1. The molecule has 0 bridgehead atoms. The number of benzene rings is 2. The Kier molecular flexibility index (Phi) is 5.35. The molecule has 0 fully saturated rings. The number of aromatic nitrogens is 2. The van der Waals surface area contributed by atoms with Crippen LogP contribution in [0.25, 0.3) is 5.69 Å². The first kappa shape index (κ1) is 19.0. The van der Waals surface area contributed by atoms with Crippen molar-refractivity contribution < 1.29 is 28.6 Å². The van der Waals surface area contributed by atoms with E-state index in [2.05, 4.69) is 10.4 Å². The van der Waals surface area contributed by atoms with E-state index in [1.54, 1.807) is 0 Å². The number of nitrogens with one attached hydrogen (secondary N) is 1. The summed E-state index contributed by atoms with van der Waals surface area (Å²) < 4.78 is 28.2. The number of amides is 1. The van der Waals surface area contributed by atoms with Gasteiger partial charge >= 0.3 is 5.97 Å². The maximum atomic E-state index is 13.9. The van der Waals surface area contributed by atoms with Gasteiger partial charge in [-0.3, -0.25) is 9.59 Å². The van der Waals surface area contributed by atoms with E-state index >= 15 is 0 Å². The van der Waals surface area contributed by atoms with Crippen molar-refractivity contribution in [3.05, 3.63) is 77.5 Å². The van der Waals surface area contributed by atoms with E-state index in [0.717, 1.165) is 16.8 Å². The molecule has 0 radical (unpaired) electrons. The molecule has 0 saturated carbocycles. The predicted molar refractivity (Wildman–Crippen MR) is 94.0 cm³/mol. The number of carbonyl (C=O) groups excluding carboxylic acids is 1. The van der Waals surface area contributed by atoms with Crippen molar-refractivity contribution in [3.63, 3.8) is 0 Å². The van der Waals surface area contributed by atoms with Crippen molar-refractivity contribution in [1.29, 1.82) is 0 Å². The number of aliphatic carboxylic acids is 1. The quantitative estimate of drug-likeness (QED) is 0.603. The minimum absolute atomic E-state index is 0.0636. The topological polar surface area (TPSA) is 104 Å². The van der Waals surface area contributed by atoms with Crippen molar-refractivity contribution in [2.24, 2.45) is 0 Å². The Bertz CT molecular complexity index is 1040. The van der Waals surface area contributed by atoms with Crippen LogP contribution in [-0.4, -0.2) is 31.9 Å². The molecule has 3 rings (SSSR count). The highest BCUT2D eigenvalue weighted by Gasteiger charge is 2.22. The first-order valence-electron chi connectivity index (χ1n) is 8.17. The number of aromatic hydroxyl groups is 1. The van der Waals surface area contributed by atoms with Gasteiger partial charge in [-0.2, -0.15) is 9.78 Å². The molecule has 0 aliphatic rings. The number of rotatable bonds is 6. The lowest BCUT2D eigenvalue weighted by atomic mass is 10.0. The molecule has 1 amide bonds. The largest absolute Gasteiger partial charge is 0.493 e. The Hall–Kier alpha value is -3.75. The average molecular weight is 387 g/mol. The van der Waals surface area contributed by atoms with E-state index in [9.17, 15) is 23.5 Å². The average Bonchev–Trinajstić information content (AvgIpc) is 3.03. The van der Waals surface area contributed by atoms with E-state index in [-0.39, 0.29) is 16.9 Å². The van der Waals surface area contributed by atoms with Crippen LogP contribution in [0.3, 0.4) is 0 Å². The molecule has 0 aliphatic heterocycles. The molecule has 2 aromatic carbocycles. The fourth-order valence-electron chi connectivity index (χ4n) is 2.67. The smallest absolute Gasteiger partial charge is 0.305 e. The van der Waals surface area contributed by atoms with Crippen LogP contribution in [0, 0.1) is 11.6 Å². The second kappa shape index (κ2) is 7.87. The third-order valence-corrected chi connectivity index (χ3v) is 3.94. The molecule has 1 atom stereocenters. The molecule has 1 heterocycles. The Balaban J connectivity index is 1.87. The molecule has 0 spiro atoms. The summed E-state index contributed by atoms with van der Waals surface area (Å²) in [5, 5.41) is 25.4. The molecule has 0 saturated heterocycles. The van der Waals surface area contributed by atoms with E-state index in [1.165, 1.54) is 42.5 Å². The standard InChI is InChI=1S/C19H15F2N3O4/c20-12-5-3-4-11(8-12)14(10-18(26)27)22-19(28)15-9-17(25)24(23-15)16-7-2-1-6-13(16)21/h1-9,14,25H,10H2,(H,22,28)(H,26,27)/t14-/m0/s1.